The summed E-state index contributed by atoms with van der Waals surface area (Å²) in [5.74, 6) is -0.198. The number of carbonyl (C=O) groups is 2. The number of thiophene rings is 1. The molecule has 6 rings (SSSR count). The Morgan fingerprint density at radius 1 is 1.03 bits per heavy atom. The highest BCUT2D eigenvalue weighted by molar-refractivity contribution is 7.19. The largest absolute Gasteiger partial charge is 0.397 e. The second kappa shape index (κ2) is 10.5. The lowest BCUT2D eigenvalue weighted by molar-refractivity contribution is 0.0663. The number of anilines is 4. The molecule has 1 aromatic carbocycles. The maximum absolute atomic E-state index is 13.1. The topological polar surface area (TPSA) is 121 Å². The van der Waals surface area contributed by atoms with Crippen LogP contribution in [0.3, 0.4) is 0 Å². The fourth-order valence-electron chi connectivity index (χ4n) is 4.36. The first kappa shape index (κ1) is 25.0. The van der Waals surface area contributed by atoms with Gasteiger partial charge in [-0.1, -0.05) is 12.1 Å². The molecule has 4 N–H and O–H groups in total. The zero-order chi connectivity index (χ0) is 26.9. The molecule has 2 amide bonds. The summed E-state index contributed by atoms with van der Waals surface area (Å²) in [6.07, 6.45) is 3.61. The van der Waals surface area contributed by atoms with E-state index in [4.69, 9.17) is 10.7 Å². The Labute approximate surface area is 232 Å². The Morgan fingerprint density at radius 2 is 1.85 bits per heavy atom. The Kier molecular flexibility index (Phi) is 6.73. The number of nitrogens with one attached hydrogen (secondary N) is 2. The van der Waals surface area contributed by atoms with E-state index in [9.17, 15) is 9.59 Å². The summed E-state index contributed by atoms with van der Waals surface area (Å²) < 4.78 is 1.91. The number of nitrogens with two attached hydrogens (primary N) is 1. The molecular formula is C27H26N8O2S2. The molecule has 0 saturated carbocycles. The molecule has 1 fully saturated rings. The smallest absolute Gasteiger partial charge is 0.265 e. The fraction of sp³-hybridized carbons (Fsp3) is 0.185. The van der Waals surface area contributed by atoms with Crippen LogP contribution >= 0.6 is 22.7 Å². The third kappa shape index (κ3) is 5.21. The summed E-state index contributed by atoms with van der Waals surface area (Å²) in [6, 6.07) is 14.5. The van der Waals surface area contributed by atoms with Crippen molar-refractivity contribution < 1.29 is 9.59 Å². The molecule has 0 unspecified atom stereocenters. The maximum atomic E-state index is 13.1. The van der Waals surface area contributed by atoms with Crippen molar-refractivity contribution in [2.75, 3.05) is 49.6 Å². The van der Waals surface area contributed by atoms with Gasteiger partial charge in [-0.3, -0.25) is 14.0 Å². The fourth-order valence-corrected chi connectivity index (χ4v) is 5.95. The number of para-hydroxylation sites is 2. The normalized spacial score (nSPS) is 14.0. The molecule has 10 nitrogen and oxygen atoms in total. The van der Waals surface area contributed by atoms with Crippen LogP contribution in [-0.4, -0.2) is 69.2 Å². The van der Waals surface area contributed by atoms with Gasteiger partial charge in [0.2, 0.25) is 0 Å². The molecule has 0 aliphatic carbocycles. The number of imidazole rings is 1. The summed E-state index contributed by atoms with van der Waals surface area (Å²) in [6.45, 7) is 3.18. The van der Waals surface area contributed by atoms with Crippen LogP contribution < -0.4 is 16.4 Å². The van der Waals surface area contributed by atoms with Gasteiger partial charge in [-0.05, 0) is 43.4 Å². The van der Waals surface area contributed by atoms with Crippen molar-refractivity contribution in [1.82, 2.24) is 24.2 Å². The Hall–Kier alpha value is -4.26. The van der Waals surface area contributed by atoms with Gasteiger partial charge in [0.05, 0.1) is 38.7 Å². The standard InChI is InChI=1S/C27H26N8O2S2/c1-33-10-12-34(13-11-33)26(37)17-6-8-23-29-14-21(35(23)15-17)20-16-38-27(31-20)32-24-9-7-22(39-24)25(36)30-19-5-3-2-4-18(19)28/h2-9,14-16H,10-13,28H2,1H3,(H,30,36)(H,31,32). The van der Waals surface area contributed by atoms with Gasteiger partial charge < -0.3 is 26.2 Å². The van der Waals surface area contributed by atoms with Crippen LogP contribution in [0.15, 0.2) is 66.3 Å². The SMILES string of the molecule is CN1CCN(C(=O)c2ccc3ncc(-c4csc(Nc5ccc(C(=O)Nc6ccccc6N)s5)n4)n3c2)CC1. The predicted molar refractivity (Wildman–Crippen MR) is 156 cm³/mol. The Morgan fingerprint density at radius 3 is 2.67 bits per heavy atom. The molecule has 5 heterocycles. The van der Waals surface area contributed by atoms with Gasteiger partial charge in [-0.2, -0.15) is 0 Å². The second-order valence-electron chi connectivity index (χ2n) is 9.25. The second-order valence-corrected chi connectivity index (χ2v) is 11.2. The van der Waals surface area contributed by atoms with Crippen molar-refractivity contribution in [2.45, 2.75) is 0 Å². The van der Waals surface area contributed by atoms with E-state index in [0.717, 1.165) is 48.2 Å². The number of pyridine rings is 1. The number of nitrogen functional groups attached to an aromatic ring is 1. The van der Waals surface area contributed by atoms with Gasteiger partial charge in [-0.25, -0.2) is 9.97 Å². The maximum Gasteiger partial charge on any atom is 0.265 e. The first-order chi connectivity index (χ1) is 18.9. The molecule has 1 aliphatic heterocycles. The van der Waals surface area contributed by atoms with Gasteiger partial charge in [-0.15, -0.1) is 22.7 Å². The van der Waals surface area contributed by atoms with Crippen molar-refractivity contribution in [3.63, 3.8) is 0 Å². The van der Waals surface area contributed by atoms with Crippen LogP contribution in [0, 0.1) is 0 Å². The molecule has 4 aromatic heterocycles. The lowest BCUT2D eigenvalue weighted by atomic mass is 10.2. The van der Waals surface area contributed by atoms with Crippen LogP contribution in [-0.2, 0) is 0 Å². The molecule has 198 valence electrons. The average Bonchev–Trinajstić information content (AvgIpc) is 3.70. The van der Waals surface area contributed by atoms with Crippen molar-refractivity contribution in [1.29, 1.82) is 0 Å². The Bertz CT molecular complexity index is 1670. The van der Waals surface area contributed by atoms with Crippen molar-refractivity contribution >= 4 is 61.6 Å². The molecule has 0 atom stereocenters. The number of hydrogen-bond donors (Lipinski definition) is 3. The number of likely N-dealkylation sites (N-methyl/N-ethyl adjacent to an activating group) is 1. The number of piperazine rings is 1. The predicted octanol–water partition coefficient (Wildman–Crippen LogP) is 4.49. The number of nitrogens with zero attached hydrogens (tertiary/aromatic N) is 5. The van der Waals surface area contributed by atoms with Crippen LogP contribution in [0.1, 0.15) is 20.0 Å². The molecule has 0 spiro atoms. The van der Waals surface area contributed by atoms with Gasteiger partial charge in [0.25, 0.3) is 11.8 Å². The van der Waals surface area contributed by atoms with Gasteiger partial charge in [0, 0.05) is 37.8 Å². The summed E-state index contributed by atoms with van der Waals surface area (Å²) in [4.78, 5) is 39.7. The van der Waals surface area contributed by atoms with E-state index in [1.54, 1.807) is 24.4 Å². The monoisotopic (exact) mass is 558 g/mol. The van der Waals surface area contributed by atoms with E-state index in [-0.39, 0.29) is 11.8 Å². The van der Waals surface area contributed by atoms with E-state index in [2.05, 4.69) is 27.6 Å². The number of carbonyl (C=O) groups excluding carboxylic acids is 2. The molecule has 39 heavy (non-hydrogen) atoms. The highest BCUT2D eigenvalue weighted by atomic mass is 32.1. The molecule has 0 radical (unpaired) electrons. The number of rotatable bonds is 6. The molecule has 1 saturated heterocycles. The molecule has 12 heteroatoms. The lowest BCUT2D eigenvalue weighted by Gasteiger charge is -2.32. The van der Waals surface area contributed by atoms with Crippen molar-refractivity contribution in [2.24, 2.45) is 0 Å². The number of hydrogen-bond acceptors (Lipinski definition) is 9. The number of amides is 2. The average molecular weight is 559 g/mol. The van der Waals surface area contributed by atoms with Crippen molar-refractivity contribution in [3.8, 4) is 11.4 Å². The number of thiazole rings is 1. The first-order valence-corrected chi connectivity index (χ1v) is 14.1. The highest BCUT2D eigenvalue weighted by Gasteiger charge is 2.21. The minimum Gasteiger partial charge on any atom is -0.397 e. The number of aromatic nitrogens is 3. The quantitative estimate of drug-likeness (QED) is 0.263. The summed E-state index contributed by atoms with van der Waals surface area (Å²) in [5, 5.41) is 9.56. The third-order valence-electron chi connectivity index (χ3n) is 6.58. The van der Waals surface area contributed by atoms with E-state index in [1.165, 1.54) is 22.7 Å². The lowest BCUT2D eigenvalue weighted by Crippen LogP contribution is -2.47. The molecule has 1 aliphatic rings. The van der Waals surface area contributed by atoms with Crippen LogP contribution in [0.4, 0.5) is 21.5 Å². The van der Waals surface area contributed by atoms with Gasteiger partial charge >= 0.3 is 0 Å². The summed E-state index contributed by atoms with van der Waals surface area (Å²) >= 11 is 2.78. The minimum atomic E-state index is -0.224. The summed E-state index contributed by atoms with van der Waals surface area (Å²) in [5.41, 5.74) is 9.95. The van der Waals surface area contributed by atoms with Gasteiger partial charge in [0.1, 0.15) is 11.3 Å². The first-order valence-electron chi connectivity index (χ1n) is 12.4. The van der Waals surface area contributed by atoms with Crippen molar-refractivity contribution in [3.05, 3.63) is 76.7 Å². The molecular weight excluding hydrogens is 532 g/mol. The zero-order valence-electron chi connectivity index (χ0n) is 21.1. The van der Waals surface area contributed by atoms with Crippen LogP contribution in [0.2, 0.25) is 0 Å². The highest BCUT2D eigenvalue weighted by Crippen LogP contribution is 2.31. The van der Waals surface area contributed by atoms with Gasteiger partial charge in [0.15, 0.2) is 5.13 Å². The number of fused-ring (bicyclic) bond motifs is 1. The van der Waals surface area contributed by atoms with E-state index in [0.29, 0.717) is 26.9 Å². The molecule has 0 bridgehead atoms. The summed E-state index contributed by atoms with van der Waals surface area (Å²) in [7, 11) is 2.07. The Balaban J connectivity index is 1.17. The third-order valence-corrected chi connectivity index (χ3v) is 8.34. The minimum absolute atomic E-state index is 0.0257. The van der Waals surface area contributed by atoms with E-state index < -0.39 is 0 Å². The van der Waals surface area contributed by atoms with E-state index in [1.807, 2.05) is 51.2 Å². The van der Waals surface area contributed by atoms with Crippen LogP contribution in [0.5, 0.6) is 0 Å². The number of benzene rings is 1. The molecule has 5 aromatic rings. The van der Waals surface area contributed by atoms with E-state index >= 15 is 0 Å². The van der Waals surface area contributed by atoms with Crippen LogP contribution in [0.25, 0.3) is 17.0 Å². The zero-order valence-corrected chi connectivity index (χ0v) is 22.8.